The third kappa shape index (κ3) is 10.6. The van der Waals surface area contributed by atoms with Crippen LogP contribution in [0.15, 0.2) is 24.3 Å². The summed E-state index contributed by atoms with van der Waals surface area (Å²) in [5.41, 5.74) is 1.04. The van der Waals surface area contributed by atoms with Crippen molar-refractivity contribution in [2.75, 3.05) is 19.7 Å². The van der Waals surface area contributed by atoms with Gasteiger partial charge in [-0.25, -0.2) is 0 Å². The fourth-order valence-electron chi connectivity index (χ4n) is 4.52. The molecule has 1 fully saturated rings. The van der Waals surface area contributed by atoms with Crippen molar-refractivity contribution < 1.29 is 23.9 Å². The van der Waals surface area contributed by atoms with Gasteiger partial charge in [-0.15, -0.1) is 0 Å². The highest BCUT2D eigenvalue weighted by molar-refractivity contribution is 5.93. The van der Waals surface area contributed by atoms with E-state index in [0.29, 0.717) is 31.9 Å². The second kappa shape index (κ2) is 17.0. The first-order chi connectivity index (χ1) is 17.5. The Morgan fingerprint density at radius 2 is 1.69 bits per heavy atom. The Labute approximate surface area is 217 Å². The lowest BCUT2D eigenvalue weighted by Crippen LogP contribution is -2.60. The van der Waals surface area contributed by atoms with E-state index in [1.165, 1.54) is 49.8 Å². The molecule has 0 bridgehead atoms. The van der Waals surface area contributed by atoms with Gasteiger partial charge < -0.3 is 19.7 Å². The average molecular weight is 503 g/mol. The highest BCUT2D eigenvalue weighted by Crippen LogP contribution is 2.19. The van der Waals surface area contributed by atoms with Crippen LogP contribution in [0.25, 0.3) is 0 Å². The minimum absolute atomic E-state index is 0.143. The van der Waals surface area contributed by atoms with Gasteiger partial charge >= 0.3 is 5.97 Å². The zero-order valence-corrected chi connectivity index (χ0v) is 22.6. The normalized spacial score (nSPS) is 16.4. The number of rotatable bonds is 17. The largest absolute Gasteiger partial charge is 0.481 e. The molecule has 36 heavy (non-hydrogen) atoms. The average Bonchev–Trinajstić information content (AvgIpc) is 2.86. The summed E-state index contributed by atoms with van der Waals surface area (Å²) in [7, 11) is 0. The number of piperazine rings is 1. The summed E-state index contributed by atoms with van der Waals surface area (Å²) < 4.78 is 11.4. The van der Waals surface area contributed by atoms with Crippen LogP contribution >= 0.6 is 0 Å². The maximum Gasteiger partial charge on any atom is 0.308 e. The molecule has 0 radical (unpaired) electrons. The van der Waals surface area contributed by atoms with Crippen LogP contribution < -0.4 is 10.1 Å². The van der Waals surface area contributed by atoms with Crippen LogP contribution in [0.3, 0.4) is 0 Å². The molecule has 202 valence electrons. The van der Waals surface area contributed by atoms with Gasteiger partial charge in [0.1, 0.15) is 11.8 Å². The van der Waals surface area contributed by atoms with E-state index in [1.807, 2.05) is 38.1 Å². The lowest BCUT2D eigenvalue weighted by Gasteiger charge is -2.36. The molecule has 0 aliphatic carbocycles. The van der Waals surface area contributed by atoms with E-state index in [1.54, 1.807) is 0 Å². The van der Waals surface area contributed by atoms with Gasteiger partial charge in [-0.2, -0.15) is 0 Å². The van der Waals surface area contributed by atoms with Crippen molar-refractivity contribution >= 4 is 17.8 Å². The first kappa shape index (κ1) is 29.7. The number of benzene rings is 1. The number of esters is 1. The topological polar surface area (TPSA) is 84.9 Å². The lowest BCUT2D eigenvalue weighted by molar-refractivity contribution is -0.154. The molecule has 7 nitrogen and oxygen atoms in total. The number of nitrogens with one attached hydrogen (secondary N) is 1. The fourth-order valence-corrected chi connectivity index (χ4v) is 4.52. The second-order valence-corrected chi connectivity index (χ2v) is 9.78. The van der Waals surface area contributed by atoms with Crippen LogP contribution in [-0.2, 0) is 19.1 Å². The van der Waals surface area contributed by atoms with Crippen molar-refractivity contribution in [1.29, 1.82) is 0 Å². The maximum absolute atomic E-state index is 13.3. The number of hydrogen-bond donors (Lipinski definition) is 1. The molecule has 0 spiro atoms. The van der Waals surface area contributed by atoms with Crippen molar-refractivity contribution in [3.05, 3.63) is 29.8 Å². The molecule has 2 unspecified atom stereocenters. The summed E-state index contributed by atoms with van der Waals surface area (Å²) in [6.07, 6.45) is 11.7. The molecule has 7 heteroatoms. The highest BCUT2D eigenvalue weighted by Gasteiger charge is 2.38. The van der Waals surface area contributed by atoms with E-state index in [9.17, 15) is 14.4 Å². The summed E-state index contributed by atoms with van der Waals surface area (Å²) in [4.78, 5) is 39.8. The van der Waals surface area contributed by atoms with E-state index in [-0.39, 0.29) is 18.2 Å². The first-order valence-corrected chi connectivity index (χ1v) is 13.9. The zero-order valence-electron chi connectivity index (χ0n) is 22.6. The summed E-state index contributed by atoms with van der Waals surface area (Å²) in [6.45, 7) is 7.12. The third-order valence-corrected chi connectivity index (χ3v) is 6.65. The smallest absolute Gasteiger partial charge is 0.308 e. The molecular formula is C29H46N2O5. The molecule has 2 rings (SSSR count). The van der Waals surface area contributed by atoms with E-state index in [4.69, 9.17) is 9.47 Å². The standard InChI is InChI=1S/C29H46N2O5/c1-4-6-7-8-9-10-11-12-13-14-20-35-27(32)22-25-28(33)30-18-19-31(25)29(34)26(5-2)36-24-17-15-16-23(3)21-24/h15-17,21,25-26H,4-14,18-20,22H2,1-3H3,(H,30,33). The van der Waals surface area contributed by atoms with Gasteiger partial charge in [-0.05, 0) is 37.5 Å². The SMILES string of the molecule is CCCCCCCCCCCCOC(=O)CC1C(=O)NCCN1C(=O)C(CC)Oc1cccc(C)c1. The molecule has 1 aromatic carbocycles. The molecule has 0 aromatic heterocycles. The highest BCUT2D eigenvalue weighted by atomic mass is 16.5. The number of aryl methyl sites for hydroxylation is 1. The first-order valence-electron chi connectivity index (χ1n) is 13.9. The van der Waals surface area contributed by atoms with Gasteiger partial charge in [0.2, 0.25) is 5.91 Å². The third-order valence-electron chi connectivity index (χ3n) is 6.65. The number of ether oxygens (including phenoxy) is 2. The van der Waals surface area contributed by atoms with Gasteiger partial charge in [-0.3, -0.25) is 14.4 Å². The van der Waals surface area contributed by atoms with Gasteiger partial charge in [0.15, 0.2) is 6.10 Å². The van der Waals surface area contributed by atoms with Crippen molar-refractivity contribution in [2.24, 2.45) is 0 Å². The van der Waals surface area contributed by atoms with Crippen molar-refractivity contribution in [3.8, 4) is 5.75 Å². The van der Waals surface area contributed by atoms with Crippen LogP contribution in [0.2, 0.25) is 0 Å². The van der Waals surface area contributed by atoms with Crippen molar-refractivity contribution in [1.82, 2.24) is 10.2 Å². The van der Waals surface area contributed by atoms with E-state index >= 15 is 0 Å². The number of amides is 2. The van der Waals surface area contributed by atoms with Gasteiger partial charge in [0, 0.05) is 13.1 Å². The number of carbonyl (C=O) groups excluding carboxylic acids is 3. The number of hydrogen-bond acceptors (Lipinski definition) is 5. The van der Waals surface area contributed by atoms with Crippen LogP contribution in [0.5, 0.6) is 5.75 Å². The number of carbonyl (C=O) groups is 3. The van der Waals surface area contributed by atoms with E-state index in [2.05, 4.69) is 12.2 Å². The van der Waals surface area contributed by atoms with Crippen LogP contribution in [0.4, 0.5) is 0 Å². The molecule has 2 amide bonds. The van der Waals surface area contributed by atoms with Crippen LogP contribution in [0.1, 0.15) is 96.5 Å². The maximum atomic E-state index is 13.3. The van der Waals surface area contributed by atoms with Gasteiger partial charge in [-0.1, -0.05) is 83.8 Å². The molecule has 1 aliphatic rings. The predicted molar refractivity (Wildman–Crippen MR) is 142 cm³/mol. The molecule has 1 aliphatic heterocycles. The minimum atomic E-state index is -0.874. The van der Waals surface area contributed by atoms with Crippen LogP contribution in [0, 0.1) is 6.92 Å². The van der Waals surface area contributed by atoms with Crippen LogP contribution in [-0.4, -0.2) is 54.5 Å². The Morgan fingerprint density at radius 3 is 2.33 bits per heavy atom. The molecule has 1 N–H and O–H groups in total. The van der Waals surface area contributed by atoms with Gasteiger partial charge in [0.25, 0.3) is 5.91 Å². The zero-order chi connectivity index (χ0) is 26.2. The van der Waals surface area contributed by atoms with E-state index < -0.39 is 18.1 Å². The molecule has 1 saturated heterocycles. The molecule has 2 atom stereocenters. The predicted octanol–water partition coefficient (Wildman–Crippen LogP) is 5.33. The summed E-state index contributed by atoms with van der Waals surface area (Å²) >= 11 is 0. The molecule has 1 heterocycles. The Kier molecular flexibility index (Phi) is 14.0. The Bertz CT molecular complexity index is 813. The quantitative estimate of drug-likeness (QED) is 0.230. The summed E-state index contributed by atoms with van der Waals surface area (Å²) in [5, 5.41) is 2.77. The Balaban J connectivity index is 1.75. The fraction of sp³-hybridized carbons (Fsp3) is 0.690. The van der Waals surface area contributed by atoms with Gasteiger partial charge in [0.05, 0.1) is 13.0 Å². The Hall–Kier alpha value is -2.57. The van der Waals surface area contributed by atoms with E-state index in [0.717, 1.165) is 24.8 Å². The van der Waals surface area contributed by atoms with Crippen molar-refractivity contribution in [3.63, 3.8) is 0 Å². The molecular weight excluding hydrogens is 456 g/mol. The number of unbranched alkanes of at least 4 members (excludes halogenated alkanes) is 9. The van der Waals surface area contributed by atoms with Crippen molar-refractivity contribution in [2.45, 2.75) is 110 Å². The minimum Gasteiger partial charge on any atom is -0.481 e. The molecule has 0 saturated carbocycles. The monoisotopic (exact) mass is 502 g/mol. The lowest BCUT2D eigenvalue weighted by atomic mass is 10.1. The summed E-state index contributed by atoms with van der Waals surface area (Å²) in [6, 6.07) is 6.66. The summed E-state index contributed by atoms with van der Waals surface area (Å²) in [5.74, 6) is -0.431. The molecule has 1 aromatic rings. The number of nitrogens with zero attached hydrogens (tertiary/aromatic N) is 1. The second-order valence-electron chi connectivity index (χ2n) is 9.78. The Morgan fingerprint density at radius 1 is 1.03 bits per heavy atom.